The quantitative estimate of drug-likeness (QED) is 0.741. The highest BCUT2D eigenvalue weighted by Crippen LogP contribution is 2.35. The van der Waals surface area contributed by atoms with E-state index in [1.165, 1.54) is 19.3 Å². The molecule has 3 heteroatoms. The van der Waals surface area contributed by atoms with Crippen molar-refractivity contribution in [1.82, 2.24) is 4.98 Å². The SMILES string of the molecule is OCCc1nc(C2CCC2)co1. The van der Waals surface area contributed by atoms with Gasteiger partial charge in [-0.3, -0.25) is 0 Å². The second kappa shape index (κ2) is 3.27. The average molecular weight is 167 g/mol. The van der Waals surface area contributed by atoms with E-state index in [9.17, 15) is 0 Å². The Morgan fingerprint density at radius 3 is 3.00 bits per heavy atom. The van der Waals surface area contributed by atoms with Crippen molar-refractivity contribution < 1.29 is 9.52 Å². The van der Waals surface area contributed by atoms with E-state index in [-0.39, 0.29) is 6.61 Å². The van der Waals surface area contributed by atoms with Gasteiger partial charge < -0.3 is 9.52 Å². The van der Waals surface area contributed by atoms with Gasteiger partial charge in [-0.1, -0.05) is 6.42 Å². The van der Waals surface area contributed by atoms with E-state index < -0.39 is 0 Å². The Hall–Kier alpha value is -0.830. The largest absolute Gasteiger partial charge is 0.449 e. The summed E-state index contributed by atoms with van der Waals surface area (Å²) < 4.78 is 5.19. The van der Waals surface area contributed by atoms with Crippen LogP contribution in [0.1, 0.15) is 36.8 Å². The maximum atomic E-state index is 8.64. The van der Waals surface area contributed by atoms with Crippen LogP contribution in [0.15, 0.2) is 10.7 Å². The summed E-state index contributed by atoms with van der Waals surface area (Å²) in [6.45, 7) is 0.116. The van der Waals surface area contributed by atoms with Crippen LogP contribution < -0.4 is 0 Å². The van der Waals surface area contributed by atoms with Crippen molar-refractivity contribution in [2.45, 2.75) is 31.6 Å². The molecule has 1 N–H and O–H groups in total. The van der Waals surface area contributed by atoms with Crippen molar-refractivity contribution in [3.8, 4) is 0 Å². The molecule has 0 spiro atoms. The first-order valence-corrected chi connectivity index (χ1v) is 4.45. The van der Waals surface area contributed by atoms with Gasteiger partial charge in [-0.2, -0.15) is 0 Å². The lowest BCUT2D eigenvalue weighted by Crippen LogP contribution is -2.09. The molecular formula is C9H13NO2. The zero-order chi connectivity index (χ0) is 8.39. The van der Waals surface area contributed by atoms with Crippen LogP contribution in [-0.2, 0) is 6.42 Å². The summed E-state index contributed by atoms with van der Waals surface area (Å²) in [6.07, 6.45) is 6.06. The van der Waals surface area contributed by atoms with Crippen LogP contribution in [-0.4, -0.2) is 16.7 Å². The van der Waals surface area contributed by atoms with Gasteiger partial charge in [0.2, 0.25) is 0 Å². The Morgan fingerprint density at radius 2 is 2.42 bits per heavy atom. The van der Waals surface area contributed by atoms with Gasteiger partial charge >= 0.3 is 0 Å². The number of aliphatic hydroxyl groups is 1. The number of aliphatic hydroxyl groups excluding tert-OH is 1. The third-order valence-electron chi connectivity index (χ3n) is 2.42. The maximum Gasteiger partial charge on any atom is 0.196 e. The van der Waals surface area contributed by atoms with Crippen LogP contribution >= 0.6 is 0 Å². The minimum Gasteiger partial charge on any atom is -0.449 e. The van der Waals surface area contributed by atoms with Gasteiger partial charge in [0.25, 0.3) is 0 Å². The minimum absolute atomic E-state index is 0.116. The van der Waals surface area contributed by atoms with E-state index >= 15 is 0 Å². The molecule has 0 saturated heterocycles. The molecule has 1 saturated carbocycles. The fourth-order valence-corrected chi connectivity index (χ4v) is 1.43. The lowest BCUT2D eigenvalue weighted by atomic mass is 9.83. The van der Waals surface area contributed by atoms with Gasteiger partial charge in [0.1, 0.15) is 6.26 Å². The van der Waals surface area contributed by atoms with E-state index in [0.29, 0.717) is 18.2 Å². The Bertz CT molecular complexity index is 253. The Morgan fingerprint density at radius 1 is 1.58 bits per heavy atom. The van der Waals surface area contributed by atoms with Crippen LogP contribution in [0, 0.1) is 0 Å². The molecule has 0 amide bonds. The molecule has 1 fully saturated rings. The van der Waals surface area contributed by atoms with Gasteiger partial charge in [-0.15, -0.1) is 0 Å². The number of rotatable bonds is 3. The van der Waals surface area contributed by atoms with E-state index in [1.54, 1.807) is 6.26 Å². The van der Waals surface area contributed by atoms with E-state index in [1.807, 2.05) is 0 Å². The van der Waals surface area contributed by atoms with Crippen LogP contribution in [0.4, 0.5) is 0 Å². The average Bonchev–Trinajstić information content (AvgIpc) is 2.34. The molecule has 0 bridgehead atoms. The highest BCUT2D eigenvalue weighted by atomic mass is 16.3. The summed E-state index contributed by atoms with van der Waals surface area (Å²) in [5.74, 6) is 1.29. The molecule has 0 radical (unpaired) electrons. The molecule has 1 aliphatic carbocycles. The molecule has 1 aromatic rings. The zero-order valence-corrected chi connectivity index (χ0v) is 6.99. The molecule has 0 aromatic carbocycles. The summed E-state index contributed by atoms with van der Waals surface area (Å²) in [6, 6.07) is 0. The van der Waals surface area contributed by atoms with Gasteiger partial charge in [-0.25, -0.2) is 4.98 Å². The normalized spacial score (nSPS) is 17.8. The topological polar surface area (TPSA) is 46.3 Å². The van der Waals surface area contributed by atoms with Crippen LogP contribution in [0.25, 0.3) is 0 Å². The molecular weight excluding hydrogens is 154 g/mol. The van der Waals surface area contributed by atoms with Crippen molar-refractivity contribution >= 4 is 0 Å². The number of hydrogen-bond donors (Lipinski definition) is 1. The third-order valence-corrected chi connectivity index (χ3v) is 2.42. The highest BCUT2D eigenvalue weighted by molar-refractivity contribution is 5.07. The number of nitrogens with zero attached hydrogens (tertiary/aromatic N) is 1. The fraction of sp³-hybridized carbons (Fsp3) is 0.667. The van der Waals surface area contributed by atoms with Gasteiger partial charge in [0.15, 0.2) is 5.89 Å². The molecule has 1 heterocycles. The zero-order valence-electron chi connectivity index (χ0n) is 6.99. The highest BCUT2D eigenvalue weighted by Gasteiger charge is 2.22. The van der Waals surface area contributed by atoms with Crippen LogP contribution in [0.5, 0.6) is 0 Å². The van der Waals surface area contributed by atoms with Gasteiger partial charge in [-0.05, 0) is 12.8 Å². The first kappa shape index (κ1) is 7.80. The molecule has 3 nitrogen and oxygen atoms in total. The lowest BCUT2D eigenvalue weighted by molar-refractivity contribution is 0.285. The molecule has 1 aromatic heterocycles. The van der Waals surface area contributed by atoms with E-state index in [0.717, 1.165) is 5.69 Å². The Kier molecular flexibility index (Phi) is 2.13. The smallest absolute Gasteiger partial charge is 0.196 e. The first-order chi connectivity index (χ1) is 5.90. The second-order valence-corrected chi connectivity index (χ2v) is 3.27. The van der Waals surface area contributed by atoms with Crippen LogP contribution in [0.2, 0.25) is 0 Å². The Balaban J connectivity index is 2.02. The molecule has 12 heavy (non-hydrogen) atoms. The van der Waals surface area contributed by atoms with Crippen molar-refractivity contribution in [2.24, 2.45) is 0 Å². The summed E-state index contributed by atoms with van der Waals surface area (Å²) in [4.78, 5) is 4.30. The standard InChI is InChI=1S/C9H13NO2/c11-5-4-9-10-8(6-12-9)7-2-1-3-7/h6-7,11H,1-5H2. The molecule has 2 rings (SSSR count). The number of aromatic nitrogens is 1. The summed E-state index contributed by atoms with van der Waals surface area (Å²) in [5, 5.41) is 8.64. The maximum absolute atomic E-state index is 8.64. The molecule has 0 aliphatic heterocycles. The first-order valence-electron chi connectivity index (χ1n) is 4.45. The summed E-state index contributed by atoms with van der Waals surface area (Å²) >= 11 is 0. The van der Waals surface area contributed by atoms with Crippen molar-refractivity contribution in [3.05, 3.63) is 17.8 Å². The molecule has 0 atom stereocenters. The van der Waals surface area contributed by atoms with E-state index in [4.69, 9.17) is 9.52 Å². The third kappa shape index (κ3) is 1.37. The second-order valence-electron chi connectivity index (χ2n) is 3.27. The van der Waals surface area contributed by atoms with Gasteiger partial charge in [0, 0.05) is 12.3 Å². The summed E-state index contributed by atoms with van der Waals surface area (Å²) in [7, 11) is 0. The predicted octanol–water partition coefficient (Wildman–Crippen LogP) is 1.48. The minimum atomic E-state index is 0.116. The van der Waals surface area contributed by atoms with Crippen LogP contribution in [0.3, 0.4) is 0 Å². The fourth-order valence-electron chi connectivity index (χ4n) is 1.43. The Labute approximate surface area is 71.4 Å². The van der Waals surface area contributed by atoms with Crippen molar-refractivity contribution in [2.75, 3.05) is 6.61 Å². The van der Waals surface area contributed by atoms with Crippen molar-refractivity contribution in [3.63, 3.8) is 0 Å². The molecule has 1 aliphatic rings. The monoisotopic (exact) mass is 167 g/mol. The van der Waals surface area contributed by atoms with Crippen molar-refractivity contribution in [1.29, 1.82) is 0 Å². The van der Waals surface area contributed by atoms with E-state index in [2.05, 4.69) is 4.98 Å². The summed E-state index contributed by atoms with van der Waals surface area (Å²) in [5.41, 5.74) is 1.07. The number of hydrogen-bond acceptors (Lipinski definition) is 3. The van der Waals surface area contributed by atoms with Gasteiger partial charge in [0.05, 0.1) is 12.3 Å². The molecule has 0 unspecified atom stereocenters. The predicted molar refractivity (Wildman–Crippen MR) is 43.9 cm³/mol. The lowest BCUT2D eigenvalue weighted by Gasteiger charge is -2.22. The number of oxazole rings is 1. The molecule has 66 valence electrons.